The predicted molar refractivity (Wildman–Crippen MR) is 110 cm³/mol. The van der Waals surface area contributed by atoms with E-state index in [-0.39, 0.29) is 24.0 Å². The van der Waals surface area contributed by atoms with Crippen LogP contribution in [0.4, 0.5) is 15.0 Å². The van der Waals surface area contributed by atoms with E-state index in [1.807, 2.05) is 25.7 Å². The number of nitrogen functional groups attached to an aromatic ring is 1. The number of carbonyl (C=O) groups excluding carboxylic acids is 1. The van der Waals surface area contributed by atoms with Gasteiger partial charge < -0.3 is 10.5 Å². The topological polar surface area (TPSA) is 73.4 Å². The van der Waals surface area contributed by atoms with Crippen LogP contribution in [0.1, 0.15) is 68.5 Å². The molecule has 2 atom stereocenters. The van der Waals surface area contributed by atoms with E-state index in [0.717, 1.165) is 36.2 Å². The number of aryl methyl sites for hydroxylation is 2. The van der Waals surface area contributed by atoms with Crippen molar-refractivity contribution in [2.75, 3.05) is 5.73 Å². The number of hydrogen-bond acceptors (Lipinski definition) is 4. The molecule has 1 amide bonds. The number of rotatable bonds is 1. The van der Waals surface area contributed by atoms with Crippen LogP contribution in [0.25, 0.3) is 5.69 Å². The summed E-state index contributed by atoms with van der Waals surface area (Å²) in [5.41, 5.74) is 9.69. The van der Waals surface area contributed by atoms with Crippen molar-refractivity contribution in [2.24, 2.45) is 0 Å². The molecule has 7 heteroatoms. The molecule has 6 nitrogen and oxygen atoms in total. The maximum absolute atomic E-state index is 14.1. The van der Waals surface area contributed by atoms with E-state index in [1.54, 1.807) is 30.7 Å². The molecule has 4 rings (SSSR count). The SMILES string of the molecule is Cc1cc(-n2nc3c(c2N)C2CCCC(C3)N2C(=O)OC(C)(C)C)cc(C)c1F. The molecule has 1 aromatic carbocycles. The average Bonchev–Trinajstić information content (AvgIpc) is 2.93. The number of nitrogens with two attached hydrogens (primary N) is 1. The lowest BCUT2D eigenvalue weighted by Crippen LogP contribution is -2.51. The number of piperidine rings is 1. The summed E-state index contributed by atoms with van der Waals surface area (Å²) >= 11 is 0. The van der Waals surface area contributed by atoms with Gasteiger partial charge in [-0.3, -0.25) is 4.90 Å². The first kappa shape index (κ1) is 19.7. The molecule has 2 aliphatic rings. The number of halogens is 1. The van der Waals surface area contributed by atoms with Gasteiger partial charge in [0, 0.05) is 18.0 Å². The van der Waals surface area contributed by atoms with Gasteiger partial charge in [0.1, 0.15) is 17.2 Å². The second-order valence-corrected chi connectivity index (χ2v) is 9.24. The van der Waals surface area contributed by atoms with E-state index in [2.05, 4.69) is 0 Å². The highest BCUT2D eigenvalue weighted by molar-refractivity contribution is 5.71. The number of anilines is 1. The van der Waals surface area contributed by atoms with Crippen LogP contribution in [0, 0.1) is 19.7 Å². The summed E-state index contributed by atoms with van der Waals surface area (Å²) in [5.74, 6) is 0.306. The number of aromatic nitrogens is 2. The summed E-state index contributed by atoms with van der Waals surface area (Å²) in [6.07, 6.45) is 3.16. The lowest BCUT2D eigenvalue weighted by molar-refractivity contribution is -0.00960. The minimum Gasteiger partial charge on any atom is -0.444 e. The maximum atomic E-state index is 14.1. The highest BCUT2D eigenvalue weighted by atomic mass is 19.1. The molecule has 1 fully saturated rings. The van der Waals surface area contributed by atoms with E-state index < -0.39 is 5.60 Å². The third kappa shape index (κ3) is 3.36. The Morgan fingerprint density at radius 3 is 2.52 bits per heavy atom. The summed E-state index contributed by atoms with van der Waals surface area (Å²) in [6, 6.07) is 3.45. The molecule has 156 valence electrons. The Hall–Kier alpha value is -2.57. The summed E-state index contributed by atoms with van der Waals surface area (Å²) in [5, 5.41) is 4.77. The van der Waals surface area contributed by atoms with Gasteiger partial charge >= 0.3 is 6.09 Å². The number of fused-ring (bicyclic) bond motifs is 4. The molecule has 2 N–H and O–H groups in total. The van der Waals surface area contributed by atoms with Crippen LogP contribution in [0.2, 0.25) is 0 Å². The number of amides is 1. The van der Waals surface area contributed by atoms with Crippen LogP contribution < -0.4 is 5.73 Å². The number of carbonyl (C=O) groups is 1. The van der Waals surface area contributed by atoms with Crippen molar-refractivity contribution in [1.29, 1.82) is 0 Å². The van der Waals surface area contributed by atoms with Crippen LogP contribution in [0.3, 0.4) is 0 Å². The molecule has 29 heavy (non-hydrogen) atoms. The molecule has 1 saturated heterocycles. The molecule has 0 spiro atoms. The van der Waals surface area contributed by atoms with Crippen LogP contribution in [-0.2, 0) is 11.2 Å². The Morgan fingerprint density at radius 1 is 1.24 bits per heavy atom. The molecule has 0 saturated carbocycles. The zero-order valence-electron chi connectivity index (χ0n) is 17.8. The van der Waals surface area contributed by atoms with Gasteiger partial charge in [0.25, 0.3) is 0 Å². The van der Waals surface area contributed by atoms with Gasteiger partial charge in [0.15, 0.2) is 0 Å². The smallest absolute Gasteiger partial charge is 0.411 e. The largest absolute Gasteiger partial charge is 0.444 e. The van der Waals surface area contributed by atoms with Crippen LogP contribution >= 0.6 is 0 Å². The van der Waals surface area contributed by atoms with Crippen LogP contribution in [-0.4, -0.2) is 32.4 Å². The third-order valence-electron chi connectivity index (χ3n) is 5.81. The van der Waals surface area contributed by atoms with Crippen molar-refractivity contribution in [3.8, 4) is 5.69 Å². The zero-order valence-corrected chi connectivity index (χ0v) is 17.8. The molecule has 2 aromatic rings. The van der Waals surface area contributed by atoms with E-state index in [1.165, 1.54) is 0 Å². The van der Waals surface area contributed by atoms with Gasteiger partial charge in [-0.2, -0.15) is 5.10 Å². The Bertz CT molecular complexity index is 953. The number of nitrogens with zero attached hydrogens (tertiary/aromatic N) is 3. The maximum Gasteiger partial charge on any atom is 0.411 e. The average molecular weight is 400 g/mol. The molecule has 3 heterocycles. The Morgan fingerprint density at radius 2 is 1.90 bits per heavy atom. The van der Waals surface area contributed by atoms with Gasteiger partial charge in [0.05, 0.1) is 17.4 Å². The van der Waals surface area contributed by atoms with Gasteiger partial charge in [-0.15, -0.1) is 0 Å². The van der Waals surface area contributed by atoms with Crippen molar-refractivity contribution in [3.63, 3.8) is 0 Å². The Balaban J connectivity index is 1.76. The molecular formula is C22H29FN4O2. The van der Waals surface area contributed by atoms with E-state index in [4.69, 9.17) is 15.6 Å². The quantitative estimate of drug-likeness (QED) is 0.759. The fourth-order valence-electron chi connectivity index (χ4n) is 4.62. The number of hydrogen-bond donors (Lipinski definition) is 1. The number of ether oxygens (including phenoxy) is 1. The second-order valence-electron chi connectivity index (χ2n) is 9.24. The lowest BCUT2D eigenvalue weighted by atomic mass is 9.83. The lowest BCUT2D eigenvalue weighted by Gasteiger charge is -2.45. The molecular weight excluding hydrogens is 371 g/mol. The van der Waals surface area contributed by atoms with Crippen LogP contribution in [0.15, 0.2) is 12.1 Å². The van der Waals surface area contributed by atoms with Crippen molar-refractivity contribution in [2.45, 2.75) is 78.0 Å². The van der Waals surface area contributed by atoms with Crippen LogP contribution in [0.5, 0.6) is 0 Å². The number of benzene rings is 1. The van der Waals surface area contributed by atoms with Crippen molar-refractivity contribution >= 4 is 11.9 Å². The standard InChI is InChI=1S/C22H29FN4O2/c1-12-9-15(10-13(2)19(12)23)27-20(24)18-16(25-27)11-14-7-6-8-17(18)26(14)21(28)29-22(3,4)5/h9-10,14,17H,6-8,11,24H2,1-5H3. The molecule has 2 bridgehead atoms. The van der Waals surface area contributed by atoms with E-state index in [9.17, 15) is 9.18 Å². The Labute approximate surface area is 170 Å². The minimum absolute atomic E-state index is 0.0653. The summed E-state index contributed by atoms with van der Waals surface area (Å²) < 4.78 is 21.5. The first-order valence-electron chi connectivity index (χ1n) is 10.2. The highest BCUT2D eigenvalue weighted by Gasteiger charge is 2.44. The van der Waals surface area contributed by atoms with Crippen molar-refractivity contribution < 1.29 is 13.9 Å². The first-order valence-corrected chi connectivity index (χ1v) is 10.2. The fraction of sp³-hybridized carbons (Fsp3) is 0.545. The summed E-state index contributed by atoms with van der Waals surface area (Å²) in [4.78, 5) is 14.8. The monoisotopic (exact) mass is 400 g/mol. The summed E-state index contributed by atoms with van der Waals surface area (Å²) in [7, 11) is 0. The summed E-state index contributed by atoms with van der Waals surface area (Å²) in [6.45, 7) is 9.11. The van der Waals surface area contributed by atoms with E-state index in [0.29, 0.717) is 23.4 Å². The Kier molecular flexibility index (Phi) is 4.59. The zero-order chi connectivity index (χ0) is 21.1. The van der Waals surface area contributed by atoms with Crippen molar-refractivity contribution in [3.05, 3.63) is 40.3 Å². The second kappa shape index (κ2) is 6.75. The molecule has 0 radical (unpaired) electrons. The van der Waals surface area contributed by atoms with Gasteiger partial charge in [0.2, 0.25) is 0 Å². The minimum atomic E-state index is -0.551. The molecule has 0 aliphatic carbocycles. The predicted octanol–water partition coefficient (Wildman–Crippen LogP) is 4.60. The highest BCUT2D eigenvalue weighted by Crippen LogP contribution is 2.45. The van der Waals surface area contributed by atoms with Crippen molar-refractivity contribution in [1.82, 2.24) is 14.7 Å². The normalized spacial score (nSPS) is 21.1. The molecule has 2 unspecified atom stereocenters. The third-order valence-corrected chi connectivity index (χ3v) is 5.81. The van der Waals surface area contributed by atoms with Gasteiger partial charge in [-0.1, -0.05) is 0 Å². The molecule has 2 aliphatic heterocycles. The molecule has 1 aromatic heterocycles. The van der Waals surface area contributed by atoms with Gasteiger partial charge in [-0.25, -0.2) is 13.9 Å². The fourth-order valence-corrected chi connectivity index (χ4v) is 4.62. The first-order chi connectivity index (χ1) is 13.6. The van der Waals surface area contributed by atoms with E-state index >= 15 is 0 Å². The van der Waals surface area contributed by atoms with Gasteiger partial charge in [-0.05, 0) is 77.1 Å².